The normalized spacial score (nSPS) is 19.2. The summed E-state index contributed by atoms with van der Waals surface area (Å²) in [5.74, 6) is 2.30. The van der Waals surface area contributed by atoms with E-state index in [0.29, 0.717) is 23.9 Å². The number of benzene rings is 2. The van der Waals surface area contributed by atoms with E-state index >= 15 is 0 Å². The smallest absolute Gasteiger partial charge is 0.251 e. The van der Waals surface area contributed by atoms with Crippen molar-refractivity contribution in [2.45, 2.75) is 44.8 Å². The van der Waals surface area contributed by atoms with Gasteiger partial charge in [0.1, 0.15) is 24.1 Å². The van der Waals surface area contributed by atoms with E-state index < -0.39 is 0 Å². The minimum absolute atomic E-state index is 0.0148. The highest BCUT2D eigenvalue weighted by Crippen LogP contribution is 2.32. The van der Waals surface area contributed by atoms with E-state index in [1.807, 2.05) is 47.6 Å². The molecule has 1 aromatic heterocycles. The van der Waals surface area contributed by atoms with Crippen molar-refractivity contribution in [2.24, 2.45) is 0 Å². The Morgan fingerprint density at radius 1 is 1.14 bits per heavy atom. The fraction of sp³-hybridized carbons (Fsp3) is 0.346. The van der Waals surface area contributed by atoms with Gasteiger partial charge in [0.05, 0.1) is 25.3 Å². The summed E-state index contributed by atoms with van der Waals surface area (Å²) in [7, 11) is 1.60. The van der Waals surface area contributed by atoms with Crippen LogP contribution in [-0.4, -0.2) is 45.7 Å². The number of unbranched alkanes of at least 4 members (excludes halogenated alkanes) is 1. The maximum absolute atomic E-state index is 13.2. The first kappa shape index (κ1) is 22.9. The second-order valence-electron chi connectivity index (χ2n) is 8.59. The third-order valence-electron chi connectivity index (χ3n) is 6.25. The molecule has 2 atom stereocenters. The van der Waals surface area contributed by atoms with Crippen LogP contribution in [0.3, 0.4) is 0 Å². The second kappa shape index (κ2) is 10.2. The van der Waals surface area contributed by atoms with E-state index in [1.54, 1.807) is 18.2 Å². The first-order valence-corrected chi connectivity index (χ1v) is 11.9. The van der Waals surface area contributed by atoms with Crippen LogP contribution in [0.5, 0.6) is 11.5 Å². The summed E-state index contributed by atoms with van der Waals surface area (Å²) in [4.78, 5) is 19.3. The quantitative estimate of drug-likeness (QED) is 0.463. The Morgan fingerprint density at radius 2 is 1.97 bits per heavy atom. The Morgan fingerprint density at radius 3 is 2.77 bits per heavy atom. The molecule has 1 N–H and O–H groups in total. The van der Waals surface area contributed by atoms with Gasteiger partial charge in [-0.3, -0.25) is 4.79 Å². The highest BCUT2D eigenvalue weighted by molar-refractivity contribution is 5.84. The molecule has 2 aromatic carbocycles. The van der Waals surface area contributed by atoms with Crippen LogP contribution in [0.25, 0.3) is 11.4 Å². The Hall–Kier alpha value is -3.85. The summed E-state index contributed by atoms with van der Waals surface area (Å²) >= 11 is 0. The van der Waals surface area contributed by atoms with Gasteiger partial charge in [0, 0.05) is 12.4 Å². The summed E-state index contributed by atoms with van der Waals surface area (Å²) < 4.78 is 16.6. The van der Waals surface area contributed by atoms with Gasteiger partial charge in [-0.2, -0.15) is 4.98 Å². The van der Waals surface area contributed by atoms with Crippen LogP contribution < -0.4 is 14.9 Å². The molecule has 9 heteroatoms. The number of hydrogen-bond acceptors (Lipinski definition) is 8. The predicted molar refractivity (Wildman–Crippen MR) is 129 cm³/mol. The van der Waals surface area contributed by atoms with Gasteiger partial charge in [-0.05, 0) is 42.7 Å². The number of methoxy groups -OCH3 is 1. The monoisotopic (exact) mass is 475 g/mol. The average molecular weight is 476 g/mol. The standard InChI is InChI=1S/C26H29N5O4/c1-3-4-15-34-19-11-9-18(10-12-19)21-16-22-26(32)30(13-14-31(22)28-21)17-24-27-25(29-35-24)20-7-5-6-8-23(20)33-2/h5-14,21-22,28H,3-4,15-17H2,1-2H3. The molecule has 35 heavy (non-hydrogen) atoms. The van der Waals surface area contributed by atoms with Crippen LogP contribution in [0.4, 0.5) is 0 Å². The molecule has 1 fully saturated rings. The first-order valence-electron chi connectivity index (χ1n) is 11.9. The van der Waals surface area contributed by atoms with Gasteiger partial charge in [0.2, 0.25) is 11.7 Å². The SMILES string of the molecule is CCCCOc1ccc(C2CC3C(=O)N(Cc4nc(-c5ccccc5OC)no4)C=CN3N2)cc1. The van der Waals surface area contributed by atoms with Crippen LogP contribution in [0, 0.1) is 0 Å². The molecule has 5 rings (SSSR count). The first-order chi connectivity index (χ1) is 17.2. The zero-order valence-electron chi connectivity index (χ0n) is 19.9. The molecule has 0 spiro atoms. The van der Waals surface area contributed by atoms with Crippen molar-refractivity contribution in [1.29, 1.82) is 0 Å². The minimum atomic E-state index is -0.304. The van der Waals surface area contributed by atoms with Crippen LogP contribution in [-0.2, 0) is 11.3 Å². The summed E-state index contributed by atoms with van der Waals surface area (Å²) in [5.41, 5.74) is 5.28. The third kappa shape index (κ3) is 4.85. The zero-order chi connectivity index (χ0) is 24.2. The average Bonchev–Trinajstić information content (AvgIpc) is 3.54. The van der Waals surface area contributed by atoms with Crippen LogP contribution >= 0.6 is 0 Å². The summed E-state index contributed by atoms with van der Waals surface area (Å²) in [6.45, 7) is 3.07. The molecule has 2 unspecified atom stereocenters. The molecule has 0 saturated carbocycles. The van der Waals surface area contributed by atoms with Gasteiger partial charge in [0.15, 0.2) is 0 Å². The van der Waals surface area contributed by atoms with Crippen molar-refractivity contribution in [1.82, 2.24) is 25.5 Å². The van der Waals surface area contributed by atoms with E-state index in [2.05, 4.69) is 34.6 Å². The van der Waals surface area contributed by atoms with E-state index in [0.717, 1.165) is 36.3 Å². The Balaban J connectivity index is 1.22. The molecule has 0 aliphatic carbocycles. The predicted octanol–water partition coefficient (Wildman–Crippen LogP) is 4.06. The van der Waals surface area contributed by atoms with Gasteiger partial charge in [-0.25, -0.2) is 5.43 Å². The number of amides is 1. The van der Waals surface area contributed by atoms with Gasteiger partial charge >= 0.3 is 0 Å². The van der Waals surface area contributed by atoms with Gasteiger partial charge in [0.25, 0.3) is 5.91 Å². The molecule has 1 saturated heterocycles. The zero-order valence-corrected chi connectivity index (χ0v) is 19.9. The Kier molecular flexibility index (Phi) is 6.67. The van der Waals surface area contributed by atoms with Crippen molar-refractivity contribution in [3.05, 3.63) is 72.4 Å². The molecule has 182 valence electrons. The number of hydrogen-bond donors (Lipinski definition) is 1. The number of fused-ring (bicyclic) bond motifs is 1. The molecule has 0 bridgehead atoms. The molecule has 3 heterocycles. The minimum Gasteiger partial charge on any atom is -0.496 e. The highest BCUT2D eigenvalue weighted by atomic mass is 16.5. The number of aromatic nitrogens is 2. The maximum Gasteiger partial charge on any atom is 0.251 e. The number of carbonyl (C=O) groups excluding carboxylic acids is 1. The largest absolute Gasteiger partial charge is 0.496 e. The number of nitrogens with zero attached hydrogens (tertiary/aromatic N) is 4. The summed E-state index contributed by atoms with van der Waals surface area (Å²) in [6.07, 6.45) is 6.43. The van der Waals surface area contributed by atoms with E-state index in [9.17, 15) is 4.79 Å². The van der Waals surface area contributed by atoms with Crippen LogP contribution in [0.1, 0.15) is 43.7 Å². The maximum atomic E-state index is 13.2. The number of para-hydroxylation sites is 1. The molecule has 9 nitrogen and oxygen atoms in total. The summed E-state index contributed by atoms with van der Waals surface area (Å²) in [6, 6.07) is 15.3. The molecule has 1 amide bonds. The number of carbonyl (C=O) groups is 1. The van der Waals surface area contributed by atoms with Gasteiger partial charge < -0.3 is 23.9 Å². The van der Waals surface area contributed by atoms with E-state index in [1.165, 1.54) is 0 Å². The lowest BCUT2D eigenvalue weighted by Gasteiger charge is -2.30. The van der Waals surface area contributed by atoms with Crippen LogP contribution in [0.2, 0.25) is 0 Å². The number of nitrogens with one attached hydrogen (secondary N) is 1. The van der Waals surface area contributed by atoms with Crippen molar-refractivity contribution in [3.63, 3.8) is 0 Å². The highest BCUT2D eigenvalue weighted by Gasteiger charge is 2.40. The molecule has 0 radical (unpaired) electrons. The van der Waals surface area contributed by atoms with Crippen molar-refractivity contribution in [3.8, 4) is 22.9 Å². The number of hydrazine groups is 1. The fourth-order valence-corrected chi connectivity index (χ4v) is 4.32. The van der Waals surface area contributed by atoms with E-state index in [4.69, 9.17) is 14.0 Å². The lowest BCUT2D eigenvalue weighted by atomic mass is 10.0. The lowest BCUT2D eigenvalue weighted by Crippen LogP contribution is -2.47. The van der Waals surface area contributed by atoms with Gasteiger partial charge in [-0.1, -0.05) is 42.8 Å². The fourth-order valence-electron chi connectivity index (χ4n) is 4.32. The lowest BCUT2D eigenvalue weighted by molar-refractivity contribution is -0.135. The molecular formula is C26H29N5O4. The number of ether oxygens (including phenoxy) is 2. The van der Waals surface area contributed by atoms with Crippen molar-refractivity contribution >= 4 is 5.91 Å². The van der Waals surface area contributed by atoms with Gasteiger partial charge in [-0.15, -0.1) is 0 Å². The molecule has 3 aromatic rings. The number of rotatable bonds is 9. The molecule has 2 aliphatic rings. The third-order valence-corrected chi connectivity index (χ3v) is 6.25. The summed E-state index contributed by atoms with van der Waals surface area (Å²) in [5, 5.41) is 5.95. The van der Waals surface area contributed by atoms with Crippen molar-refractivity contribution < 1.29 is 18.8 Å². The Bertz CT molecular complexity index is 1190. The second-order valence-corrected chi connectivity index (χ2v) is 8.59. The molecular weight excluding hydrogens is 446 g/mol. The van der Waals surface area contributed by atoms with Crippen LogP contribution in [0.15, 0.2) is 65.5 Å². The molecule has 2 aliphatic heterocycles. The van der Waals surface area contributed by atoms with Crippen molar-refractivity contribution in [2.75, 3.05) is 13.7 Å². The van der Waals surface area contributed by atoms with E-state index in [-0.39, 0.29) is 24.5 Å². The Labute approximate surface area is 204 Å². The topological polar surface area (TPSA) is 93.0 Å².